The van der Waals surface area contributed by atoms with Crippen LogP contribution >= 0.6 is 22.7 Å². The van der Waals surface area contributed by atoms with E-state index in [0.717, 1.165) is 36.4 Å². The van der Waals surface area contributed by atoms with Gasteiger partial charge >= 0.3 is 6.03 Å². The number of nitrogens with zero attached hydrogens (tertiary/aromatic N) is 3. The Balaban J connectivity index is 1.78. The molecule has 1 saturated heterocycles. The van der Waals surface area contributed by atoms with Crippen molar-refractivity contribution >= 4 is 38.8 Å². The zero-order valence-corrected chi connectivity index (χ0v) is 13.6. The van der Waals surface area contributed by atoms with Crippen molar-refractivity contribution < 1.29 is 4.79 Å². The Morgan fingerprint density at radius 3 is 2.82 bits per heavy atom. The second-order valence-corrected chi connectivity index (χ2v) is 7.05. The van der Waals surface area contributed by atoms with Gasteiger partial charge in [0, 0.05) is 40.1 Å². The molecule has 1 fully saturated rings. The molecule has 0 bridgehead atoms. The molecule has 1 aliphatic rings. The van der Waals surface area contributed by atoms with Crippen LogP contribution in [0.2, 0.25) is 0 Å². The van der Waals surface area contributed by atoms with Crippen molar-refractivity contribution in [1.82, 2.24) is 9.47 Å². The highest BCUT2D eigenvalue weighted by Crippen LogP contribution is 2.28. The SMILES string of the molecule is O=C(/N=c1\sccn1-c1csc2ccccc12)N1CCCC1. The van der Waals surface area contributed by atoms with E-state index in [4.69, 9.17) is 0 Å². The Morgan fingerprint density at radius 1 is 1.14 bits per heavy atom. The zero-order chi connectivity index (χ0) is 14.9. The third-order valence-corrected chi connectivity index (χ3v) is 5.59. The lowest BCUT2D eigenvalue weighted by Crippen LogP contribution is -2.27. The molecule has 0 aliphatic carbocycles. The normalized spacial score (nSPS) is 15.8. The highest BCUT2D eigenvalue weighted by atomic mass is 32.1. The highest BCUT2D eigenvalue weighted by Gasteiger charge is 2.17. The molecule has 0 spiro atoms. The molecule has 0 unspecified atom stereocenters. The van der Waals surface area contributed by atoms with Crippen molar-refractivity contribution in [2.24, 2.45) is 4.99 Å². The van der Waals surface area contributed by atoms with Crippen LogP contribution in [-0.4, -0.2) is 28.6 Å². The van der Waals surface area contributed by atoms with E-state index in [1.807, 2.05) is 33.2 Å². The average Bonchev–Trinajstić information content (AvgIpc) is 3.27. The molecule has 3 heterocycles. The molecule has 112 valence electrons. The Morgan fingerprint density at radius 2 is 1.95 bits per heavy atom. The Bertz CT molecular complexity index is 884. The number of hydrogen-bond donors (Lipinski definition) is 0. The monoisotopic (exact) mass is 329 g/mol. The first-order chi connectivity index (χ1) is 10.8. The molecule has 4 rings (SSSR count). The summed E-state index contributed by atoms with van der Waals surface area (Å²) in [6.45, 7) is 1.66. The molecule has 1 aliphatic heterocycles. The maximum Gasteiger partial charge on any atom is 0.346 e. The summed E-state index contributed by atoms with van der Waals surface area (Å²) in [5.41, 5.74) is 1.09. The number of likely N-dealkylation sites (tertiary alicyclic amines) is 1. The van der Waals surface area contributed by atoms with E-state index < -0.39 is 0 Å². The molecule has 0 radical (unpaired) electrons. The lowest BCUT2D eigenvalue weighted by molar-refractivity contribution is 0.218. The number of urea groups is 1. The number of fused-ring (bicyclic) bond motifs is 1. The van der Waals surface area contributed by atoms with Gasteiger partial charge in [0.15, 0.2) is 4.80 Å². The molecule has 2 aromatic heterocycles. The lowest BCUT2D eigenvalue weighted by atomic mass is 10.2. The van der Waals surface area contributed by atoms with Gasteiger partial charge in [0.1, 0.15) is 0 Å². The second kappa shape index (κ2) is 5.70. The summed E-state index contributed by atoms with van der Waals surface area (Å²) in [4.78, 5) is 19.2. The van der Waals surface area contributed by atoms with E-state index in [9.17, 15) is 4.79 Å². The Hall–Kier alpha value is -1.92. The van der Waals surface area contributed by atoms with Gasteiger partial charge in [0.25, 0.3) is 0 Å². The third kappa shape index (κ3) is 2.38. The third-order valence-electron chi connectivity index (χ3n) is 3.88. The van der Waals surface area contributed by atoms with E-state index in [1.165, 1.54) is 21.4 Å². The number of benzene rings is 1. The van der Waals surface area contributed by atoms with Gasteiger partial charge in [-0.2, -0.15) is 4.99 Å². The Labute approximate surface area is 136 Å². The summed E-state index contributed by atoms with van der Waals surface area (Å²) in [7, 11) is 0. The van der Waals surface area contributed by atoms with Gasteiger partial charge in [0.05, 0.1) is 5.69 Å². The fourth-order valence-corrected chi connectivity index (χ4v) is 4.39. The summed E-state index contributed by atoms with van der Waals surface area (Å²) < 4.78 is 3.25. The number of thiophene rings is 1. The minimum Gasteiger partial charge on any atom is -0.323 e. The predicted molar refractivity (Wildman–Crippen MR) is 90.8 cm³/mol. The van der Waals surface area contributed by atoms with E-state index in [1.54, 1.807) is 11.3 Å². The Kier molecular flexibility index (Phi) is 3.56. The molecule has 22 heavy (non-hydrogen) atoms. The van der Waals surface area contributed by atoms with E-state index in [2.05, 4.69) is 22.5 Å². The fourth-order valence-electron chi connectivity index (χ4n) is 2.75. The predicted octanol–water partition coefficient (Wildman–Crippen LogP) is 3.87. The van der Waals surface area contributed by atoms with Gasteiger partial charge in [0.2, 0.25) is 0 Å². The van der Waals surface area contributed by atoms with Crippen molar-refractivity contribution in [1.29, 1.82) is 0 Å². The van der Waals surface area contributed by atoms with Crippen molar-refractivity contribution in [3.63, 3.8) is 0 Å². The first-order valence-corrected chi connectivity index (χ1v) is 9.05. The quantitative estimate of drug-likeness (QED) is 0.668. The van der Waals surface area contributed by atoms with Crippen LogP contribution in [0.15, 0.2) is 46.2 Å². The summed E-state index contributed by atoms with van der Waals surface area (Å²) in [6.07, 6.45) is 4.15. The molecule has 0 N–H and O–H groups in total. The van der Waals surface area contributed by atoms with Gasteiger partial charge < -0.3 is 4.90 Å². The number of carbonyl (C=O) groups is 1. The molecular formula is C16H15N3OS2. The number of carbonyl (C=O) groups excluding carboxylic acids is 1. The van der Waals surface area contributed by atoms with E-state index in [-0.39, 0.29) is 6.03 Å². The average molecular weight is 329 g/mol. The first-order valence-electron chi connectivity index (χ1n) is 7.29. The van der Waals surface area contributed by atoms with Crippen molar-refractivity contribution in [2.75, 3.05) is 13.1 Å². The minimum absolute atomic E-state index is 0.117. The van der Waals surface area contributed by atoms with Gasteiger partial charge in [-0.15, -0.1) is 22.7 Å². The van der Waals surface area contributed by atoms with Crippen LogP contribution in [0.1, 0.15) is 12.8 Å². The van der Waals surface area contributed by atoms with Crippen molar-refractivity contribution in [2.45, 2.75) is 12.8 Å². The van der Waals surface area contributed by atoms with Gasteiger partial charge in [-0.3, -0.25) is 4.57 Å². The molecule has 0 atom stereocenters. The van der Waals surface area contributed by atoms with Crippen LogP contribution in [0.25, 0.3) is 15.8 Å². The van der Waals surface area contributed by atoms with Gasteiger partial charge in [-0.05, 0) is 18.9 Å². The fraction of sp³-hybridized carbons (Fsp3) is 0.250. The largest absolute Gasteiger partial charge is 0.346 e. The number of aromatic nitrogens is 1. The lowest BCUT2D eigenvalue weighted by Gasteiger charge is -2.10. The molecule has 0 saturated carbocycles. The van der Waals surface area contributed by atoms with Crippen LogP contribution in [0.3, 0.4) is 0 Å². The van der Waals surface area contributed by atoms with Crippen LogP contribution in [-0.2, 0) is 0 Å². The summed E-state index contributed by atoms with van der Waals surface area (Å²) in [5, 5.41) is 5.29. The molecule has 4 nitrogen and oxygen atoms in total. The molecule has 6 heteroatoms. The van der Waals surface area contributed by atoms with E-state index >= 15 is 0 Å². The smallest absolute Gasteiger partial charge is 0.323 e. The summed E-state index contributed by atoms with van der Waals surface area (Å²) in [5.74, 6) is 0. The maximum absolute atomic E-state index is 12.3. The number of thiazole rings is 1. The number of amides is 2. The second-order valence-electron chi connectivity index (χ2n) is 5.26. The minimum atomic E-state index is -0.117. The zero-order valence-electron chi connectivity index (χ0n) is 11.9. The molecular weight excluding hydrogens is 314 g/mol. The van der Waals surface area contributed by atoms with Crippen LogP contribution in [0.4, 0.5) is 4.79 Å². The maximum atomic E-state index is 12.3. The van der Waals surface area contributed by atoms with Crippen LogP contribution in [0, 0.1) is 0 Å². The molecule has 3 aromatic rings. The van der Waals surface area contributed by atoms with Crippen LogP contribution in [0.5, 0.6) is 0 Å². The first kappa shape index (κ1) is 13.7. The van der Waals surface area contributed by atoms with Crippen molar-refractivity contribution in [3.8, 4) is 5.69 Å². The van der Waals surface area contributed by atoms with Crippen LogP contribution < -0.4 is 4.80 Å². The van der Waals surface area contributed by atoms with Crippen molar-refractivity contribution in [3.05, 3.63) is 46.0 Å². The standard InChI is InChI=1S/C16H15N3OS2/c20-15(18-7-3-4-8-18)17-16-19(9-10-21-16)13-11-22-14-6-2-1-5-12(13)14/h1-2,5-6,9-11H,3-4,7-8H2/b17-16-. The number of rotatable bonds is 1. The summed E-state index contributed by atoms with van der Waals surface area (Å²) in [6, 6.07) is 8.19. The van der Waals surface area contributed by atoms with Gasteiger partial charge in [-0.1, -0.05) is 18.2 Å². The molecule has 1 aromatic carbocycles. The van der Waals surface area contributed by atoms with Gasteiger partial charge in [-0.25, -0.2) is 4.79 Å². The van der Waals surface area contributed by atoms with E-state index in [0.29, 0.717) is 0 Å². The molecule has 2 amide bonds. The highest BCUT2D eigenvalue weighted by molar-refractivity contribution is 7.17. The topological polar surface area (TPSA) is 37.6 Å². The summed E-state index contributed by atoms with van der Waals surface area (Å²) >= 11 is 3.21. The number of hydrogen-bond acceptors (Lipinski definition) is 3.